The first-order valence-electron chi connectivity index (χ1n) is 11.1. The number of amides is 1. The predicted molar refractivity (Wildman–Crippen MR) is 134 cm³/mol. The molecule has 0 saturated heterocycles. The molecular weight excluding hydrogens is 512 g/mol. The van der Waals surface area contributed by atoms with Crippen LogP contribution in [0.2, 0.25) is 0 Å². The number of carbonyl (C=O) groups excluding carboxylic acids is 1. The second-order valence-electron chi connectivity index (χ2n) is 8.56. The molecule has 3 rings (SSSR count). The lowest BCUT2D eigenvalue weighted by molar-refractivity contribution is -0.141. The van der Waals surface area contributed by atoms with Gasteiger partial charge in [0, 0.05) is 38.9 Å². The van der Waals surface area contributed by atoms with Gasteiger partial charge >= 0.3 is 6.18 Å². The van der Waals surface area contributed by atoms with E-state index in [0.717, 1.165) is 22.1 Å². The van der Waals surface area contributed by atoms with Gasteiger partial charge in [0.1, 0.15) is 11.5 Å². The topological polar surface area (TPSA) is 82.6 Å². The maximum atomic E-state index is 14.4. The monoisotopic (exact) mass is 538 g/mol. The van der Waals surface area contributed by atoms with Crippen molar-refractivity contribution in [3.8, 4) is 11.3 Å². The summed E-state index contributed by atoms with van der Waals surface area (Å²) in [5.41, 5.74) is 0.847. The van der Waals surface area contributed by atoms with E-state index in [4.69, 9.17) is 0 Å². The second kappa shape index (κ2) is 11.2. The number of carbonyl (C=O) groups is 1. The van der Waals surface area contributed by atoms with Crippen LogP contribution in [0.4, 0.5) is 28.9 Å². The Kier molecular flexibility index (Phi) is 8.42. The number of anilines is 2. The van der Waals surface area contributed by atoms with Crippen LogP contribution in [-0.2, 0) is 28.4 Å². The lowest BCUT2D eigenvalue weighted by Gasteiger charge is -2.18. The van der Waals surface area contributed by atoms with Crippen LogP contribution in [0, 0.1) is 5.82 Å². The maximum Gasteiger partial charge on any atom is 0.433 e. The molecule has 0 spiro atoms. The van der Waals surface area contributed by atoms with E-state index in [9.17, 15) is 30.8 Å². The van der Waals surface area contributed by atoms with Crippen LogP contribution < -0.4 is 14.5 Å². The van der Waals surface area contributed by atoms with Crippen LogP contribution in [0.3, 0.4) is 0 Å². The SMILES string of the molecule is CC(C(=O)NCc1ccc(C(F)(F)F)nc1-c1ccc(N(C)C)cc1)c1ccc(N(C)[SH](=O)=O)c(F)c1. The number of hydrogen-bond donors (Lipinski definition) is 2. The molecule has 12 heteroatoms. The number of hydrogen-bond acceptors (Lipinski definition) is 5. The largest absolute Gasteiger partial charge is 0.433 e. The smallest absolute Gasteiger partial charge is 0.378 e. The van der Waals surface area contributed by atoms with Gasteiger partial charge in [0.15, 0.2) is 0 Å². The molecule has 1 aromatic heterocycles. The van der Waals surface area contributed by atoms with E-state index in [1.807, 2.05) is 19.0 Å². The molecule has 1 amide bonds. The standard InChI is InChI=1S/C25H26F4N4O3S/c1-15(17-7-11-21(20(26)13-17)33(4)37(35)36)24(34)30-14-18-8-12-22(25(27,28)29)31-23(18)16-5-9-19(10-6-16)32(2)3/h5-13,15,37H,14H2,1-4H3,(H,30,34). The molecule has 0 bridgehead atoms. The summed E-state index contributed by atoms with van der Waals surface area (Å²) in [6.07, 6.45) is -4.64. The van der Waals surface area contributed by atoms with Gasteiger partial charge in [-0.1, -0.05) is 24.3 Å². The molecule has 7 nitrogen and oxygen atoms in total. The van der Waals surface area contributed by atoms with E-state index in [-0.39, 0.29) is 17.9 Å². The van der Waals surface area contributed by atoms with E-state index < -0.39 is 40.4 Å². The predicted octanol–water partition coefficient (Wildman–Crippen LogP) is 4.36. The van der Waals surface area contributed by atoms with Crippen molar-refractivity contribution in [2.45, 2.75) is 25.6 Å². The van der Waals surface area contributed by atoms with Gasteiger partial charge < -0.3 is 10.2 Å². The van der Waals surface area contributed by atoms with Crippen LogP contribution >= 0.6 is 0 Å². The molecule has 0 saturated carbocycles. The molecule has 0 radical (unpaired) electrons. The van der Waals surface area contributed by atoms with Gasteiger partial charge in [0.05, 0.1) is 17.3 Å². The number of thiol groups is 1. The number of rotatable bonds is 8. The summed E-state index contributed by atoms with van der Waals surface area (Å²) in [6, 6.07) is 12.7. The highest BCUT2D eigenvalue weighted by atomic mass is 32.2. The van der Waals surface area contributed by atoms with E-state index >= 15 is 0 Å². The molecule has 3 aromatic rings. The fourth-order valence-corrected chi connectivity index (χ4v) is 3.92. The molecule has 0 aliphatic heterocycles. The minimum Gasteiger partial charge on any atom is -0.378 e. The maximum absolute atomic E-state index is 14.4. The van der Waals surface area contributed by atoms with Crippen LogP contribution in [0.25, 0.3) is 11.3 Å². The zero-order valence-electron chi connectivity index (χ0n) is 20.5. The number of pyridine rings is 1. The normalized spacial score (nSPS) is 12.4. The molecule has 2 aromatic carbocycles. The van der Waals surface area contributed by atoms with Crippen molar-refractivity contribution in [1.82, 2.24) is 10.3 Å². The number of nitrogens with zero attached hydrogens (tertiary/aromatic N) is 3. The average Bonchev–Trinajstić information content (AvgIpc) is 2.85. The molecular formula is C25H26F4N4O3S. The first kappa shape index (κ1) is 27.9. The molecule has 1 N–H and O–H groups in total. The molecule has 0 aliphatic carbocycles. The highest BCUT2D eigenvalue weighted by Crippen LogP contribution is 2.32. The summed E-state index contributed by atoms with van der Waals surface area (Å²) in [6.45, 7) is 1.42. The summed E-state index contributed by atoms with van der Waals surface area (Å²) in [7, 11) is 1.84. The number of alkyl halides is 3. The van der Waals surface area contributed by atoms with E-state index in [2.05, 4.69) is 10.3 Å². The van der Waals surface area contributed by atoms with Crippen LogP contribution in [0.5, 0.6) is 0 Å². The Morgan fingerprint density at radius 3 is 2.22 bits per heavy atom. The molecule has 198 valence electrons. The Morgan fingerprint density at radius 2 is 1.68 bits per heavy atom. The van der Waals surface area contributed by atoms with Gasteiger partial charge in [0.2, 0.25) is 16.8 Å². The quantitative estimate of drug-likeness (QED) is 0.329. The van der Waals surface area contributed by atoms with Crippen LogP contribution in [0.15, 0.2) is 54.6 Å². The third kappa shape index (κ3) is 6.56. The zero-order chi connectivity index (χ0) is 27.5. The first-order chi connectivity index (χ1) is 17.3. The summed E-state index contributed by atoms with van der Waals surface area (Å²) in [5, 5.41) is 2.67. The molecule has 1 heterocycles. The van der Waals surface area contributed by atoms with E-state index in [1.165, 1.54) is 32.2 Å². The average molecular weight is 539 g/mol. The Balaban J connectivity index is 1.84. The van der Waals surface area contributed by atoms with Crippen molar-refractivity contribution in [2.75, 3.05) is 30.3 Å². The Labute approximate surface area is 213 Å². The van der Waals surface area contributed by atoms with Gasteiger partial charge in [-0.15, -0.1) is 0 Å². The highest BCUT2D eigenvalue weighted by Gasteiger charge is 2.33. The summed E-state index contributed by atoms with van der Waals surface area (Å²) >= 11 is 0. The molecule has 1 unspecified atom stereocenters. The summed E-state index contributed by atoms with van der Waals surface area (Å²) < 4.78 is 77.5. The fraction of sp³-hybridized carbons (Fsp3) is 0.280. The third-order valence-corrected chi connectivity index (χ3v) is 6.54. The van der Waals surface area contributed by atoms with Gasteiger partial charge in [0.25, 0.3) is 0 Å². The third-order valence-electron chi connectivity index (χ3n) is 5.84. The first-order valence-corrected chi connectivity index (χ1v) is 12.2. The molecule has 0 fully saturated rings. The lowest BCUT2D eigenvalue weighted by Crippen LogP contribution is -2.28. The molecule has 37 heavy (non-hydrogen) atoms. The number of nitrogens with one attached hydrogen (secondary N) is 1. The summed E-state index contributed by atoms with van der Waals surface area (Å²) in [5.74, 6) is -2.13. The minimum absolute atomic E-state index is 0.0817. The fourth-order valence-electron chi connectivity index (χ4n) is 3.59. The van der Waals surface area contributed by atoms with Crippen molar-refractivity contribution in [1.29, 1.82) is 0 Å². The minimum atomic E-state index is -4.64. The zero-order valence-corrected chi connectivity index (χ0v) is 21.4. The van der Waals surface area contributed by atoms with Gasteiger partial charge in [-0.2, -0.15) is 13.2 Å². The van der Waals surface area contributed by atoms with Crippen molar-refractivity contribution < 1.29 is 30.8 Å². The van der Waals surface area contributed by atoms with Gasteiger partial charge in [-0.05, 0) is 48.4 Å². The highest BCUT2D eigenvalue weighted by molar-refractivity contribution is 7.74. The number of halogens is 4. The second-order valence-corrected chi connectivity index (χ2v) is 9.63. The molecule has 1 atom stereocenters. The lowest BCUT2D eigenvalue weighted by atomic mass is 9.99. The Bertz CT molecular complexity index is 1350. The van der Waals surface area contributed by atoms with Crippen LogP contribution in [-0.4, -0.2) is 40.5 Å². The van der Waals surface area contributed by atoms with Crippen molar-refractivity contribution >= 4 is 28.2 Å². The van der Waals surface area contributed by atoms with E-state index in [1.54, 1.807) is 24.3 Å². The van der Waals surface area contributed by atoms with Crippen molar-refractivity contribution in [3.05, 3.63) is 77.2 Å². The van der Waals surface area contributed by atoms with Crippen molar-refractivity contribution in [2.24, 2.45) is 0 Å². The number of benzene rings is 2. The Morgan fingerprint density at radius 1 is 1.03 bits per heavy atom. The van der Waals surface area contributed by atoms with Crippen LogP contribution in [0.1, 0.15) is 29.7 Å². The summed E-state index contributed by atoms with van der Waals surface area (Å²) in [4.78, 5) is 18.5. The molecule has 0 aliphatic rings. The number of aromatic nitrogens is 1. The van der Waals surface area contributed by atoms with Crippen molar-refractivity contribution in [3.63, 3.8) is 0 Å². The van der Waals surface area contributed by atoms with Gasteiger partial charge in [-0.3, -0.25) is 9.10 Å². The van der Waals surface area contributed by atoms with Gasteiger partial charge in [-0.25, -0.2) is 17.8 Å². The Hall–Kier alpha value is -3.67. The van der Waals surface area contributed by atoms with E-state index in [0.29, 0.717) is 16.7 Å².